The Hall–Kier alpha value is -2.20. The van der Waals surface area contributed by atoms with E-state index in [9.17, 15) is 0 Å². The van der Waals surface area contributed by atoms with Crippen molar-refractivity contribution in [3.05, 3.63) is 56.8 Å². The van der Waals surface area contributed by atoms with E-state index >= 15 is 0 Å². The molecular formula is C12H16N6O. The summed E-state index contributed by atoms with van der Waals surface area (Å²) in [5.41, 5.74) is 17.3. The van der Waals surface area contributed by atoms with E-state index < -0.39 is 11.6 Å². The van der Waals surface area contributed by atoms with Crippen LogP contribution in [0.4, 0.5) is 0 Å². The van der Waals surface area contributed by atoms with Gasteiger partial charge in [0.1, 0.15) is 0 Å². The van der Waals surface area contributed by atoms with Gasteiger partial charge >= 0.3 is 0 Å². The molecule has 19 heavy (non-hydrogen) atoms. The van der Waals surface area contributed by atoms with E-state index in [4.69, 9.17) is 15.8 Å². The van der Waals surface area contributed by atoms with Crippen LogP contribution in [0.15, 0.2) is 40.6 Å². The zero-order valence-electron chi connectivity index (χ0n) is 11.0. The maximum atomic E-state index is 8.55. The second-order valence-corrected chi connectivity index (χ2v) is 4.56. The summed E-state index contributed by atoms with van der Waals surface area (Å²) in [4.78, 5) is 5.53. The summed E-state index contributed by atoms with van der Waals surface area (Å²) in [6.45, 7) is 4.03. The lowest BCUT2D eigenvalue weighted by Gasteiger charge is -2.25. The standard InChI is InChI=1S/C12H16N6O/c1-12(2,16-18-14)11(15-17-13)9-19-8-10-6-4-3-5-7-10/h3-7,11H,8-9H2,1-2H3. The van der Waals surface area contributed by atoms with Crippen LogP contribution < -0.4 is 0 Å². The molecule has 0 heterocycles. The molecule has 0 amide bonds. The molecule has 1 unspecified atom stereocenters. The third-order valence-electron chi connectivity index (χ3n) is 2.70. The third-order valence-corrected chi connectivity index (χ3v) is 2.70. The molecule has 1 aromatic carbocycles. The van der Waals surface area contributed by atoms with Gasteiger partial charge in [-0.3, -0.25) is 0 Å². The molecule has 0 aliphatic carbocycles. The van der Waals surface area contributed by atoms with Gasteiger partial charge in [0.05, 0.1) is 24.8 Å². The fourth-order valence-electron chi connectivity index (χ4n) is 1.49. The van der Waals surface area contributed by atoms with Crippen LogP contribution in [0, 0.1) is 0 Å². The summed E-state index contributed by atoms with van der Waals surface area (Å²) in [5, 5.41) is 7.27. The largest absolute Gasteiger partial charge is 0.376 e. The number of ether oxygens (including phenoxy) is 1. The van der Waals surface area contributed by atoms with E-state index in [1.54, 1.807) is 13.8 Å². The summed E-state index contributed by atoms with van der Waals surface area (Å²) >= 11 is 0. The van der Waals surface area contributed by atoms with Gasteiger partial charge in [-0.05, 0) is 16.6 Å². The van der Waals surface area contributed by atoms with Crippen molar-refractivity contribution in [1.82, 2.24) is 0 Å². The maximum Gasteiger partial charge on any atom is 0.0717 e. The van der Waals surface area contributed by atoms with Crippen LogP contribution in [0.1, 0.15) is 19.4 Å². The second kappa shape index (κ2) is 7.28. The van der Waals surface area contributed by atoms with Gasteiger partial charge in [-0.1, -0.05) is 54.4 Å². The molecule has 0 bridgehead atoms. The molecule has 0 radical (unpaired) electrons. The van der Waals surface area contributed by atoms with Crippen LogP contribution in [0.2, 0.25) is 0 Å². The SMILES string of the molecule is CC(C)(N=[N+]=[N-])C(COCc1ccccc1)N=[N+]=[N-]. The minimum Gasteiger partial charge on any atom is -0.376 e. The molecule has 0 spiro atoms. The topological polar surface area (TPSA) is 107 Å². The molecule has 0 saturated heterocycles. The fourth-order valence-corrected chi connectivity index (χ4v) is 1.49. The lowest BCUT2D eigenvalue weighted by molar-refractivity contribution is 0.0921. The highest BCUT2D eigenvalue weighted by Gasteiger charge is 2.27. The first-order chi connectivity index (χ1) is 9.10. The molecule has 7 nitrogen and oxygen atoms in total. The lowest BCUT2D eigenvalue weighted by atomic mass is 9.97. The normalized spacial score (nSPS) is 12.1. The maximum absolute atomic E-state index is 8.55. The summed E-state index contributed by atoms with van der Waals surface area (Å²) in [7, 11) is 0. The van der Waals surface area contributed by atoms with Gasteiger partial charge in [-0.25, -0.2) is 0 Å². The molecule has 0 aromatic heterocycles. The minimum atomic E-state index is -0.822. The van der Waals surface area contributed by atoms with E-state index in [-0.39, 0.29) is 6.61 Å². The first-order valence-electron chi connectivity index (χ1n) is 5.82. The van der Waals surface area contributed by atoms with Gasteiger partial charge in [-0.2, -0.15) is 0 Å². The number of hydrogen-bond acceptors (Lipinski definition) is 3. The highest BCUT2D eigenvalue weighted by Crippen LogP contribution is 2.19. The molecular weight excluding hydrogens is 244 g/mol. The van der Waals surface area contributed by atoms with E-state index in [1.165, 1.54) is 0 Å². The van der Waals surface area contributed by atoms with Gasteiger partial charge in [0.15, 0.2) is 0 Å². The predicted molar refractivity (Wildman–Crippen MR) is 72.3 cm³/mol. The monoisotopic (exact) mass is 260 g/mol. The Morgan fingerprint density at radius 3 is 2.47 bits per heavy atom. The average molecular weight is 260 g/mol. The molecule has 100 valence electrons. The van der Waals surface area contributed by atoms with Gasteiger partial charge in [0.2, 0.25) is 0 Å². The molecule has 7 heteroatoms. The van der Waals surface area contributed by atoms with Crippen molar-refractivity contribution >= 4 is 0 Å². The van der Waals surface area contributed by atoms with Crippen molar-refractivity contribution in [2.75, 3.05) is 6.61 Å². The molecule has 0 fully saturated rings. The molecule has 0 saturated carbocycles. The van der Waals surface area contributed by atoms with E-state index in [1.807, 2.05) is 30.3 Å². The van der Waals surface area contributed by atoms with E-state index in [2.05, 4.69) is 20.1 Å². The van der Waals surface area contributed by atoms with Crippen LogP contribution in [0.25, 0.3) is 20.9 Å². The Balaban J connectivity index is 2.60. The first kappa shape index (κ1) is 14.9. The summed E-state index contributed by atoms with van der Waals surface area (Å²) in [6.07, 6.45) is 0. The van der Waals surface area contributed by atoms with Crippen LogP contribution in [-0.2, 0) is 11.3 Å². The highest BCUT2D eigenvalue weighted by atomic mass is 16.5. The smallest absolute Gasteiger partial charge is 0.0717 e. The van der Waals surface area contributed by atoms with Gasteiger partial charge in [0, 0.05) is 9.82 Å². The molecule has 0 N–H and O–H groups in total. The summed E-state index contributed by atoms with van der Waals surface area (Å²) in [5.74, 6) is 0. The zero-order chi connectivity index (χ0) is 14.1. The molecule has 1 aromatic rings. The quantitative estimate of drug-likeness (QED) is 0.412. The van der Waals surface area contributed by atoms with Crippen LogP contribution in [0.5, 0.6) is 0 Å². The number of nitrogens with zero attached hydrogens (tertiary/aromatic N) is 6. The van der Waals surface area contributed by atoms with Gasteiger partial charge in [-0.15, -0.1) is 0 Å². The van der Waals surface area contributed by atoms with Crippen LogP contribution in [0.3, 0.4) is 0 Å². The van der Waals surface area contributed by atoms with Gasteiger partial charge < -0.3 is 4.74 Å². The Morgan fingerprint density at radius 1 is 1.21 bits per heavy atom. The average Bonchev–Trinajstić information content (AvgIpc) is 2.39. The molecule has 0 aliphatic heterocycles. The van der Waals surface area contributed by atoms with Crippen LogP contribution >= 0.6 is 0 Å². The van der Waals surface area contributed by atoms with Crippen molar-refractivity contribution in [3.8, 4) is 0 Å². The fraction of sp³-hybridized carbons (Fsp3) is 0.500. The number of benzene rings is 1. The lowest BCUT2D eigenvalue weighted by Crippen LogP contribution is -2.35. The Bertz CT molecular complexity index is 488. The zero-order valence-corrected chi connectivity index (χ0v) is 11.0. The summed E-state index contributed by atoms with van der Waals surface area (Å²) < 4.78 is 5.52. The number of azide groups is 2. The van der Waals surface area contributed by atoms with Crippen LogP contribution in [-0.4, -0.2) is 18.2 Å². The van der Waals surface area contributed by atoms with Crippen molar-refractivity contribution in [2.24, 2.45) is 10.2 Å². The van der Waals surface area contributed by atoms with Crippen molar-refractivity contribution in [1.29, 1.82) is 0 Å². The van der Waals surface area contributed by atoms with Crippen molar-refractivity contribution in [3.63, 3.8) is 0 Å². The Morgan fingerprint density at radius 2 is 1.89 bits per heavy atom. The Kier molecular flexibility index (Phi) is 5.70. The predicted octanol–water partition coefficient (Wildman–Crippen LogP) is 3.97. The van der Waals surface area contributed by atoms with E-state index in [0.717, 1.165) is 5.56 Å². The second-order valence-electron chi connectivity index (χ2n) is 4.56. The summed E-state index contributed by atoms with van der Waals surface area (Å²) in [6, 6.07) is 9.12. The first-order valence-corrected chi connectivity index (χ1v) is 5.82. The van der Waals surface area contributed by atoms with Crippen molar-refractivity contribution < 1.29 is 4.74 Å². The number of hydrogen-bond donors (Lipinski definition) is 0. The number of rotatable bonds is 7. The van der Waals surface area contributed by atoms with Gasteiger partial charge in [0.25, 0.3) is 0 Å². The van der Waals surface area contributed by atoms with E-state index in [0.29, 0.717) is 6.61 Å². The van der Waals surface area contributed by atoms with Crippen molar-refractivity contribution in [2.45, 2.75) is 32.0 Å². The molecule has 1 rings (SSSR count). The minimum absolute atomic E-state index is 0.199. The highest BCUT2D eigenvalue weighted by molar-refractivity contribution is 5.13. The molecule has 0 aliphatic rings. The Labute approximate surface area is 111 Å². The third kappa shape index (κ3) is 4.89. The molecule has 1 atom stereocenters.